The maximum absolute atomic E-state index is 13.9. The first-order chi connectivity index (χ1) is 35.1. The van der Waals surface area contributed by atoms with Gasteiger partial charge in [0.15, 0.2) is 0 Å². The van der Waals surface area contributed by atoms with Crippen LogP contribution in [0.4, 0.5) is 0 Å². The molecule has 2 atom stereocenters. The number of phenols is 2. The van der Waals surface area contributed by atoms with E-state index in [1.165, 1.54) is 5.56 Å². The maximum Gasteiger partial charge on any atom is 0.342 e. The van der Waals surface area contributed by atoms with Gasteiger partial charge in [-0.05, 0) is 110 Å². The number of carbonyl (C=O) groups excluding carboxylic acids is 2. The van der Waals surface area contributed by atoms with Gasteiger partial charge in [-0.1, -0.05) is 55.5 Å². The molecule has 2 unspecified atom stereocenters. The number of furan rings is 2. The number of pyridine rings is 2. The van der Waals surface area contributed by atoms with Crippen molar-refractivity contribution in [1.29, 1.82) is 0 Å². The molecule has 13 nitrogen and oxygen atoms in total. The number of aromatic hydroxyl groups is 2. The van der Waals surface area contributed by atoms with E-state index >= 15 is 0 Å². The van der Waals surface area contributed by atoms with Crippen LogP contribution >= 0.6 is 0 Å². The molecule has 0 amide bonds. The molecule has 13 heteroatoms. The average Bonchev–Trinajstić information content (AvgIpc) is 3.95. The fourth-order valence-corrected chi connectivity index (χ4v) is 11.5. The highest BCUT2D eigenvalue weighted by Crippen LogP contribution is 2.50. The molecule has 0 aliphatic carbocycles. The molecule has 0 bridgehead atoms. The lowest BCUT2D eigenvalue weighted by atomic mass is 9.86. The first-order valence-electron chi connectivity index (χ1n) is 24.9. The third kappa shape index (κ3) is 7.92. The molecule has 1 saturated heterocycles. The van der Waals surface area contributed by atoms with Gasteiger partial charge in [0.1, 0.15) is 45.3 Å². The number of esters is 2. The molecule has 2 aliphatic rings. The summed E-state index contributed by atoms with van der Waals surface area (Å²) in [5.41, 5.74) is 8.94. The Morgan fingerprint density at radius 3 is 1.68 bits per heavy atom. The van der Waals surface area contributed by atoms with Gasteiger partial charge in [0.05, 0.1) is 25.3 Å². The molecular weight excluding hydrogens is 907 g/mol. The first-order valence-corrected chi connectivity index (χ1v) is 24.9. The molecule has 2 N–H and O–H groups in total. The lowest BCUT2D eigenvalue weighted by Crippen LogP contribution is -2.47. The summed E-state index contributed by atoms with van der Waals surface area (Å²) < 4.78 is 24.2. The number of rotatable bonds is 12. The SMILES string of the molecule is CCOC(=O)c1c(C)oc2c1c(C(c1ccncc1)N1CCN(CC)CC1)c(O)c1cc(-c3ccc4c(c3)CCN(C(c3ccncc3)c3c(O)c5ccccc5c5oc(C)c(C(=O)OCC)c35)C4)ccc12. The van der Waals surface area contributed by atoms with Crippen LogP contribution in [0.3, 0.4) is 0 Å². The molecule has 0 radical (unpaired) electrons. The van der Waals surface area contributed by atoms with Crippen LogP contribution in [0, 0.1) is 13.8 Å². The topological polar surface area (TPSA) is 155 Å². The van der Waals surface area contributed by atoms with Crippen LogP contribution < -0.4 is 0 Å². The highest BCUT2D eigenvalue weighted by Gasteiger charge is 2.37. The second kappa shape index (κ2) is 19.2. The Bertz CT molecular complexity index is 3540. The van der Waals surface area contributed by atoms with Crippen molar-refractivity contribution in [2.24, 2.45) is 0 Å². The normalized spacial score (nSPS) is 15.6. The fraction of sp³-hybridized carbons (Fsp3) is 0.288. The van der Waals surface area contributed by atoms with E-state index in [0.29, 0.717) is 96.8 Å². The maximum atomic E-state index is 13.9. The van der Waals surface area contributed by atoms with Crippen LogP contribution in [0.15, 0.2) is 119 Å². The summed E-state index contributed by atoms with van der Waals surface area (Å²) in [4.78, 5) is 43.4. The molecule has 366 valence electrons. The van der Waals surface area contributed by atoms with Crippen LogP contribution in [-0.2, 0) is 22.4 Å². The smallest absolute Gasteiger partial charge is 0.342 e. The molecule has 0 saturated carbocycles. The molecule has 6 heterocycles. The monoisotopic (exact) mass is 963 g/mol. The van der Waals surface area contributed by atoms with Gasteiger partial charge in [-0.2, -0.15) is 0 Å². The van der Waals surface area contributed by atoms with Crippen LogP contribution in [0.1, 0.15) is 98.5 Å². The Balaban J connectivity index is 1.02. The number of piperazine rings is 1. The zero-order valence-corrected chi connectivity index (χ0v) is 41.2. The molecule has 11 rings (SSSR count). The van der Waals surface area contributed by atoms with Crippen LogP contribution in [-0.4, -0.2) is 99.3 Å². The Labute approximate surface area is 417 Å². The summed E-state index contributed by atoms with van der Waals surface area (Å²) in [6.07, 6.45) is 7.75. The van der Waals surface area contributed by atoms with Crippen molar-refractivity contribution >= 4 is 55.4 Å². The Kier molecular flexibility index (Phi) is 12.5. The minimum Gasteiger partial charge on any atom is -0.507 e. The van der Waals surface area contributed by atoms with Crippen LogP contribution in [0.25, 0.3) is 54.6 Å². The second-order valence-electron chi connectivity index (χ2n) is 18.8. The molecule has 4 aromatic heterocycles. The van der Waals surface area contributed by atoms with Gasteiger partial charge in [0.25, 0.3) is 0 Å². The Morgan fingerprint density at radius 1 is 0.597 bits per heavy atom. The molecular formula is C59H57N5O8. The second-order valence-corrected chi connectivity index (χ2v) is 18.8. The van der Waals surface area contributed by atoms with Gasteiger partial charge in [-0.3, -0.25) is 19.8 Å². The van der Waals surface area contributed by atoms with Crippen molar-refractivity contribution in [2.75, 3.05) is 52.5 Å². The van der Waals surface area contributed by atoms with Crippen molar-refractivity contribution in [1.82, 2.24) is 24.7 Å². The van der Waals surface area contributed by atoms with Crippen LogP contribution in [0.5, 0.6) is 11.5 Å². The van der Waals surface area contributed by atoms with E-state index in [-0.39, 0.29) is 24.7 Å². The van der Waals surface area contributed by atoms with Gasteiger partial charge in [-0.15, -0.1) is 0 Å². The number of likely N-dealkylation sites (N-methyl/N-ethyl adjacent to an activating group) is 1. The number of benzene rings is 5. The lowest BCUT2D eigenvalue weighted by Gasteiger charge is -2.40. The molecule has 72 heavy (non-hydrogen) atoms. The van der Waals surface area contributed by atoms with E-state index in [1.54, 1.807) is 52.5 Å². The highest BCUT2D eigenvalue weighted by atomic mass is 16.5. The van der Waals surface area contributed by atoms with Gasteiger partial charge >= 0.3 is 11.9 Å². The minimum absolute atomic E-state index is 0.0837. The number of nitrogens with zero attached hydrogens (tertiary/aromatic N) is 5. The van der Waals surface area contributed by atoms with Gasteiger partial charge < -0.3 is 33.4 Å². The average molecular weight is 964 g/mol. The molecule has 1 fully saturated rings. The van der Waals surface area contributed by atoms with Crippen molar-refractivity contribution in [3.8, 4) is 22.6 Å². The lowest BCUT2D eigenvalue weighted by molar-refractivity contribution is 0.0516. The number of aromatic nitrogens is 2. The van der Waals surface area contributed by atoms with E-state index in [9.17, 15) is 19.8 Å². The third-order valence-electron chi connectivity index (χ3n) is 14.9. The molecule has 5 aromatic carbocycles. The van der Waals surface area contributed by atoms with Crippen molar-refractivity contribution in [3.05, 3.63) is 166 Å². The van der Waals surface area contributed by atoms with E-state index in [0.717, 1.165) is 60.5 Å². The standard InChI is InChI=1S/C59H57N5O8/c1-6-62-27-29-63(30-28-62)52(36-17-22-60-23-18-36)50-48-46(58(67)69-7-2)35(5)72-57(48)44-16-15-39(32-45(44)55(50)66)38-13-14-41-33-64(26-21-40(41)31-38)53(37-19-24-61-25-20-37)51-49-47(59(68)70-8-3)34(4)71-56(49)43-12-10-9-11-42(43)54(51)65/h9-20,22-25,31-32,52-53,65-66H,6-8,21,26-30,33H2,1-5H3. The Morgan fingerprint density at radius 2 is 1.11 bits per heavy atom. The zero-order chi connectivity index (χ0) is 49.8. The van der Waals surface area contributed by atoms with E-state index in [1.807, 2.05) is 66.7 Å². The fourth-order valence-electron chi connectivity index (χ4n) is 11.5. The minimum atomic E-state index is -0.503. The van der Waals surface area contributed by atoms with Gasteiger partial charge in [-0.25, -0.2) is 9.59 Å². The molecule has 2 aliphatic heterocycles. The number of fused-ring (bicyclic) bond motifs is 7. The first kappa shape index (κ1) is 46.8. The summed E-state index contributed by atoms with van der Waals surface area (Å²) >= 11 is 0. The van der Waals surface area contributed by atoms with E-state index in [2.05, 4.69) is 49.8 Å². The summed E-state index contributed by atoms with van der Waals surface area (Å²) in [6.45, 7) is 15.0. The van der Waals surface area contributed by atoms with Crippen molar-refractivity contribution in [3.63, 3.8) is 0 Å². The summed E-state index contributed by atoms with van der Waals surface area (Å²) in [6, 6.07) is 27.1. The summed E-state index contributed by atoms with van der Waals surface area (Å²) in [5.74, 6) is 0.0330. The quantitative estimate of drug-likeness (QED) is 0.112. The van der Waals surface area contributed by atoms with Crippen LogP contribution in [0.2, 0.25) is 0 Å². The predicted octanol–water partition coefficient (Wildman–Crippen LogP) is 11.2. The number of ether oxygens (including phenoxy) is 2. The van der Waals surface area contributed by atoms with Crippen molar-refractivity contribution < 1.29 is 38.1 Å². The summed E-state index contributed by atoms with van der Waals surface area (Å²) in [7, 11) is 0. The highest BCUT2D eigenvalue weighted by molar-refractivity contribution is 6.18. The van der Waals surface area contributed by atoms with Gasteiger partial charge in [0.2, 0.25) is 0 Å². The summed E-state index contributed by atoms with van der Waals surface area (Å²) in [5, 5.41) is 29.1. The number of hydrogen-bond acceptors (Lipinski definition) is 13. The number of phenolic OH excluding ortho intramolecular Hbond substituents is 2. The molecule has 9 aromatic rings. The van der Waals surface area contributed by atoms with Gasteiger partial charge in [0, 0.05) is 108 Å². The van der Waals surface area contributed by atoms with E-state index < -0.39 is 24.0 Å². The number of aryl methyl sites for hydroxylation is 2. The van der Waals surface area contributed by atoms with Crippen molar-refractivity contribution in [2.45, 2.75) is 59.7 Å². The third-order valence-corrected chi connectivity index (χ3v) is 14.9. The predicted molar refractivity (Wildman–Crippen MR) is 278 cm³/mol. The number of carbonyl (C=O) groups is 2. The van der Waals surface area contributed by atoms with E-state index in [4.69, 9.17) is 18.3 Å². The molecule has 0 spiro atoms. The largest absolute Gasteiger partial charge is 0.507 e. The number of hydrogen-bond donors (Lipinski definition) is 2. The zero-order valence-electron chi connectivity index (χ0n) is 41.2. The Hall–Kier alpha value is -7.58.